The van der Waals surface area contributed by atoms with E-state index in [1.807, 2.05) is 25.1 Å². The molecule has 0 saturated carbocycles. The lowest BCUT2D eigenvalue weighted by Gasteiger charge is -2.16. The summed E-state index contributed by atoms with van der Waals surface area (Å²) in [4.78, 5) is 16.5. The van der Waals surface area contributed by atoms with E-state index < -0.39 is 0 Å². The van der Waals surface area contributed by atoms with Crippen molar-refractivity contribution in [3.05, 3.63) is 47.8 Å². The maximum atomic E-state index is 12.3. The topological polar surface area (TPSA) is 69.7 Å². The molecule has 1 N–H and O–H groups in total. The van der Waals surface area contributed by atoms with Crippen LogP contribution in [0.15, 0.2) is 36.5 Å². The molecule has 0 bridgehead atoms. The van der Waals surface area contributed by atoms with E-state index in [1.54, 1.807) is 39.7 Å². The van der Waals surface area contributed by atoms with E-state index in [-0.39, 0.29) is 18.4 Å². The number of hydrogen-bond acceptors (Lipinski definition) is 5. The van der Waals surface area contributed by atoms with Crippen LogP contribution in [-0.2, 0) is 11.2 Å². The van der Waals surface area contributed by atoms with E-state index >= 15 is 0 Å². The molecule has 1 aromatic heterocycles. The lowest BCUT2D eigenvalue weighted by Crippen LogP contribution is -2.28. The van der Waals surface area contributed by atoms with Gasteiger partial charge in [0.1, 0.15) is 0 Å². The Morgan fingerprint density at radius 1 is 1.12 bits per heavy atom. The zero-order valence-electron chi connectivity index (χ0n) is 14.3. The van der Waals surface area contributed by atoms with Crippen molar-refractivity contribution in [1.29, 1.82) is 0 Å². The fraction of sp³-hybridized carbons (Fsp3) is 0.333. The number of benzene rings is 1. The van der Waals surface area contributed by atoms with Crippen LogP contribution < -0.4 is 19.5 Å². The van der Waals surface area contributed by atoms with Gasteiger partial charge in [0.25, 0.3) is 0 Å². The molecule has 0 unspecified atom stereocenters. The molecule has 0 fully saturated rings. The first-order chi connectivity index (χ1) is 11.6. The van der Waals surface area contributed by atoms with Gasteiger partial charge in [0.05, 0.1) is 39.5 Å². The average molecular weight is 330 g/mol. The van der Waals surface area contributed by atoms with E-state index in [0.717, 1.165) is 11.3 Å². The summed E-state index contributed by atoms with van der Waals surface area (Å²) in [6.07, 6.45) is 1.91. The Hall–Kier alpha value is -2.76. The van der Waals surface area contributed by atoms with Crippen molar-refractivity contribution in [1.82, 2.24) is 10.3 Å². The average Bonchev–Trinajstić information content (AvgIpc) is 2.61. The van der Waals surface area contributed by atoms with Crippen LogP contribution in [0.3, 0.4) is 0 Å². The van der Waals surface area contributed by atoms with Crippen LogP contribution >= 0.6 is 0 Å². The number of ether oxygens (including phenoxy) is 3. The summed E-state index contributed by atoms with van der Waals surface area (Å²) >= 11 is 0. The van der Waals surface area contributed by atoms with Gasteiger partial charge >= 0.3 is 0 Å². The second kappa shape index (κ2) is 8.19. The number of nitrogens with zero attached hydrogens (tertiary/aromatic N) is 1. The third-order valence-electron chi connectivity index (χ3n) is 3.60. The summed E-state index contributed by atoms with van der Waals surface area (Å²) in [5, 5.41) is 2.93. The number of carbonyl (C=O) groups is 1. The lowest BCUT2D eigenvalue weighted by atomic mass is 10.1. The summed E-state index contributed by atoms with van der Waals surface area (Å²) < 4.78 is 15.9. The molecular weight excluding hydrogens is 308 g/mol. The minimum atomic E-state index is -0.166. The molecule has 24 heavy (non-hydrogen) atoms. The maximum Gasteiger partial charge on any atom is 0.224 e. The van der Waals surface area contributed by atoms with Gasteiger partial charge in [0, 0.05) is 6.20 Å². The molecule has 0 spiro atoms. The van der Waals surface area contributed by atoms with Crippen molar-refractivity contribution >= 4 is 5.91 Å². The molecule has 1 atom stereocenters. The molecular formula is C18H22N2O4. The largest absolute Gasteiger partial charge is 0.493 e. The van der Waals surface area contributed by atoms with Gasteiger partial charge in [0.15, 0.2) is 11.5 Å². The predicted octanol–water partition coefficient (Wildman–Crippen LogP) is 2.53. The SMILES string of the molecule is COc1cc(CC(=O)N[C@@H](C)c2ccccn2)cc(OC)c1OC. The van der Waals surface area contributed by atoms with Crippen LogP contribution in [0, 0.1) is 0 Å². The molecule has 1 aromatic carbocycles. The molecule has 0 radical (unpaired) electrons. The molecule has 0 aliphatic rings. The van der Waals surface area contributed by atoms with Crippen molar-refractivity contribution in [3.63, 3.8) is 0 Å². The van der Waals surface area contributed by atoms with Crippen LogP contribution in [0.25, 0.3) is 0 Å². The van der Waals surface area contributed by atoms with E-state index in [9.17, 15) is 4.79 Å². The van der Waals surface area contributed by atoms with Crippen molar-refractivity contribution in [3.8, 4) is 17.2 Å². The number of pyridine rings is 1. The summed E-state index contributed by atoms with van der Waals surface area (Å²) in [5.74, 6) is 1.45. The minimum absolute atomic E-state index is 0.109. The van der Waals surface area contributed by atoms with Crippen molar-refractivity contribution in [2.45, 2.75) is 19.4 Å². The van der Waals surface area contributed by atoms with Crippen molar-refractivity contribution in [2.75, 3.05) is 21.3 Å². The molecule has 2 aromatic rings. The molecule has 6 heteroatoms. The maximum absolute atomic E-state index is 12.3. The van der Waals surface area contributed by atoms with Gasteiger partial charge in [-0.3, -0.25) is 9.78 Å². The minimum Gasteiger partial charge on any atom is -0.493 e. The third kappa shape index (κ3) is 4.16. The molecule has 2 rings (SSSR count). The van der Waals surface area contributed by atoms with Gasteiger partial charge in [-0.25, -0.2) is 0 Å². The van der Waals surface area contributed by atoms with Gasteiger partial charge in [-0.05, 0) is 36.8 Å². The summed E-state index contributed by atoms with van der Waals surface area (Å²) in [5.41, 5.74) is 1.59. The van der Waals surface area contributed by atoms with E-state index in [0.29, 0.717) is 17.2 Å². The summed E-state index contributed by atoms with van der Waals surface area (Å²) in [6, 6.07) is 8.99. The number of carbonyl (C=O) groups excluding carboxylic acids is 1. The Bertz CT molecular complexity index is 664. The fourth-order valence-electron chi connectivity index (χ4n) is 2.42. The number of aromatic nitrogens is 1. The second-order valence-corrected chi connectivity index (χ2v) is 5.25. The Morgan fingerprint density at radius 2 is 1.79 bits per heavy atom. The van der Waals surface area contributed by atoms with Crippen LogP contribution in [0.1, 0.15) is 24.2 Å². The quantitative estimate of drug-likeness (QED) is 0.845. The Kier molecular flexibility index (Phi) is 6.01. The van der Waals surface area contributed by atoms with Gasteiger partial charge in [-0.1, -0.05) is 6.07 Å². The van der Waals surface area contributed by atoms with E-state index in [4.69, 9.17) is 14.2 Å². The Labute approximate surface area is 141 Å². The fourth-order valence-corrected chi connectivity index (χ4v) is 2.42. The molecule has 0 saturated heterocycles. The van der Waals surface area contributed by atoms with Gasteiger partial charge in [-0.2, -0.15) is 0 Å². The van der Waals surface area contributed by atoms with E-state index in [1.165, 1.54) is 0 Å². The number of hydrogen-bond donors (Lipinski definition) is 1. The molecule has 1 amide bonds. The van der Waals surface area contributed by atoms with Crippen LogP contribution in [-0.4, -0.2) is 32.2 Å². The normalized spacial score (nSPS) is 11.5. The van der Waals surface area contributed by atoms with Crippen molar-refractivity contribution in [2.24, 2.45) is 0 Å². The van der Waals surface area contributed by atoms with Crippen LogP contribution in [0.2, 0.25) is 0 Å². The zero-order chi connectivity index (χ0) is 17.5. The zero-order valence-corrected chi connectivity index (χ0v) is 14.3. The molecule has 0 aliphatic carbocycles. The van der Waals surface area contributed by atoms with Crippen LogP contribution in [0.4, 0.5) is 0 Å². The molecule has 0 aliphatic heterocycles. The first kappa shape index (κ1) is 17.6. The highest BCUT2D eigenvalue weighted by atomic mass is 16.5. The van der Waals surface area contributed by atoms with Gasteiger partial charge in [-0.15, -0.1) is 0 Å². The molecule has 6 nitrogen and oxygen atoms in total. The van der Waals surface area contributed by atoms with Gasteiger partial charge in [0.2, 0.25) is 11.7 Å². The highest BCUT2D eigenvalue weighted by Gasteiger charge is 2.16. The molecule has 1 heterocycles. The highest BCUT2D eigenvalue weighted by Crippen LogP contribution is 2.38. The Balaban J connectivity index is 2.11. The molecule has 128 valence electrons. The number of rotatable bonds is 7. The van der Waals surface area contributed by atoms with Crippen LogP contribution in [0.5, 0.6) is 17.2 Å². The standard InChI is InChI=1S/C18H22N2O4/c1-12(14-7-5-6-8-19-14)20-17(21)11-13-9-15(22-2)18(24-4)16(10-13)23-3/h5-10,12H,11H2,1-4H3,(H,20,21)/t12-/m0/s1. The van der Waals surface area contributed by atoms with Crippen molar-refractivity contribution < 1.29 is 19.0 Å². The monoisotopic (exact) mass is 330 g/mol. The number of nitrogens with one attached hydrogen (secondary N) is 1. The smallest absolute Gasteiger partial charge is 0.224 e. The first-order valence-corrected chi connectivity index (χ1v) is 7.58. The Morgan fingerprint density at radius 3 is 2.29 bits per heavy atom. The summed E-state index contributed by atoms with van der Waals surface area (Å²) in [6.45, 7) is 1.90. The number of methoxy groups -OCH3 is 3. The highest BCUT2D eigenvalue weighted by molar-refractivity contribution is 5.79. The number of amides is 1. The first-order valence-electron chi connectivity index (χ1n) is 7.58. The predicted molar refractivity (Wildman–Crippen MR) is 90.6 cm³/mol. The lowest BCUT2D eigenvalue weighted by molar-refractivity contribution is -0.121. The summed E-state index contributed by atoms with van der Waals surface area (Å²) in [7, 11) is 4.63. The van der Waals surface area contributed by atoms with E-state index in [2.05, 4.69) is 10.3 Å². The third-order valence-corrected chi connectivity index (χ3v) is 3.60. The second-order valence-electron chi connectivity index (χ2n) is 5.25. The van der Waals surface area contributed by atoms with Gasteiger partial charge < -0.3 is 19.5 Å².